The van der Waals surface area contributed by atoms with Crippen LogP contribution in [0.25, 0.3) is 0 Å². The smallest absolute Gasteiger partial charge is 0.171 e. The van der Waals surface area contributed by atoms with Crippen molar-refractivity contribution in [1.29, 1.82) is 0 Å². The van der Waals surface area contributed by atoms with Gasteiger partial charge in [-0.25, -0.2) is 9.37 Å². The highest BCUT2D eigenvalue weighted by atomic mass is 19.1. The summed E-state index contributed by atoms with van der Waals surface area (Å²) < 4.78 is 20.5. The van der Waals surface area contributed by atoms with Gasteiger partial charge in [0.25, 0.3) is 0 Å². The van der Waals surface area contributed by atoms with E-state index in [0.717, 1.165) is 31.7 Å². The van der Waals surface area contributed by atoms with Crippen LogP contribution in [0, 0.1) is 17.7 Å². The second kappa shape index (κ2) is 6.87. The predicted octanol–water partition coefficient (Wildman–Crippen LogP) is 2.59. The van der Waals surface area contributed by atoms with Crippen molar-refractivity contribution < 1.29 is 9.13 Å². The van der Waals surface area contributed by atoms with E-state index in [1.165, 1.54) is 0 Å². The third-order valence-electron chi connectivity index (χ3n) is 5.01. The number of benzene rings is 1. The zero-order valence-electron chi connectivity index (χ0n) is 13.6. The van der Waals surface area contributed by atoms with Gasteiger partial charge in [0.05, 0.1) is 13.2 Å². The van der Waals surface area contributed by atoms with E-state index in [1.807, 2.05) is 30.3 Å². The van der Waals surface area contributed by atoms with Gasteiger partial charge in [0.15, 0.2) is 11.6 Å². The standard InChI is InChI=1S/C19H22FN3O/c20-18-15(13-24-12-14-4-2-1-3-5-14)6-7-22-19(18)23-10-16-8-21-9-17(16)11-23/h1-7,16-17,21H,8-13H2. The maximum absolute atomic E-state index is 14.8. The first kappa shape index (κ1) is 15.5. The Morgan fingerprint density at radius 1 is 1.08 bits per heavy atom. The first-order valence-corrected chi connectivity index (χ1v) is 8.52. The molecule has 0 radical (unpaired) electrons. The highest BCUT2D eigenvalue weighted by Crippen LogP contribution is 2.31. The molecule has 2 unspecified atom stereocenters. The minimum absolute atomic E-state index is 0.238. The number of hydrogen-bond donors (Lipinski definition) is 1. The van der Waals surface area contributed by atoms with Gasteiger partial charge in [-0.2, -0.15) is 0 Å². The van der Waals surface area contributed by atoms with Crippen molar-refractivity contribution >= 4 is 5.82 Å². The second-order valence-electron chi connectivity index (χ2n) is 6.67. The maximum atomic E-state index is 14.8. The van der Waals surface area contributed by atoms with Gasteiger partial charge in [-0.05, 0) is 23.5 Å². The van der Waals surface area contributed by atoms with Crippen LogP contribution in [0.3, 0.4) is 0 Å². The summed E-state index contributed by atoms with van der Waals surface area (Å²) >= 11 is 0. The van der Waals surface area contributed by atoms with Gasteiger partial charge in [-0.1, -0.05) is 30.3 Å². The van der Waals surface area contributed by atoms with Crippen molar-refractivity contribution in [2.45, 2.75) is 13.2 Å². The van der Waals surface area contributed by atoms with Crippen molar-refractivity contribution in [3.05, 3.63) is 59.5 Å². The molecule has 0 aliphatic carbocycles. The lowest BCUT2D eigenvalue weighted by molar-refractivity contribution is 0.105. The molecule has 2 aliphatic rings. The highest BCUT2D eigenvalue weighted by molar-refractivity contribution is 5.44. The van der Waals surface area contributed by atoms with Gasteiger partial charge in [-0.3, -0.25) is 0 Å². The van der Waals surface area contributed by atoms with Crippen molar-refractivity contribution in [2.24, 2.45) is 11.8 Å². The molecule has 2 atom stereocenters. The fraction of sp³-hybridized carbons (Fsp3) is 0.421. The highest BCUT2D eigenvalue weighted by Gasteiger charge is 2.37. The fourth-order valence-corrected chi connectivity index (χ4v) is 3.68. The van der Waals surface area contributed by atoms with Gasteiger partial charge in [0.1, 0.15) is 0 Å². The first-order valence-electron chi connectivity index (χ1n) is 8.52. The number of fused-ring (bicyclic) bond motifs is 1. The fourth-order valence-electron chi connectivity index (χ4n) is 3.68. The Balaban J connectivity index is 1.41. The van der Waals surface area contributed by atoms with E-state index in [1.54, 1.807) is 12.3 Å². The summed E-state index contributed by atoms with van der Waals surface area (Å²) in [5.74, 6) is 1.47. The Labute approximate surface area is 141 Å². The van der Waals surface area contributed by atoms with E-state index < -0.39 is 0 Å². The lowest BCUT2D eigenvalue weighted by atomic mass is 10.0. The van der Waals surface area contributed by atoms with Crippen LogP contribution in [-0.2, 0) is 18.0 Å². The summed E-state index contributed by atoms with van der Waals surface area (Å²) in [5, 5.41) is 3.40. The lowest BCUT2D eigenvalue weighted by Gasteiger charge is -2.20. The number of anilines is 1. The third kappa shape index (κ3) is 3.14. The van der Waals surface area contributed by atoms with Crippen LogP contribution < -0.4 is 10.2 Å². The SMILES string of the molecule is Fc1c(COCc2ccccc2)ccnc1N1CC2CNCC2C1. The molecular formula is C19H22FN3O. The molecule has 0 spiro atoms. The quantitative estimate of drug-likeness (QED) is 0.916. The molecule has 1 aromatic heterocycles. The molecule has 2 fully saturated rings. The number of nitrogens with one attached hydrogen (secondary N) is 1. The van der Waals surface area contributed by atoms with Crippen molar-refractivity contribution in [3.8, 4) is 0 Å². The Morgan fingerprint density at radius 3 is 2.58 bits per heavy atom. The molecule has 0 saturated carbocycles. The van der Waals surface area contributed by atoms with Crippen molar-refractivity contribution in [1.82, 2.24) is 10.3 Å². The molecule has 4 rings (SSSR count). The summed E-state index contributed by atoms with van der Waals surface area (Å²) in [6.45, 7) is 4.58. The van der Waals surface area contributed by atoms with Crippen molar-refractivity contribution in [2.75, 3.05) is 31.1 Å². The molecule has 3 heterocycles. The van der Waals surface area contributed by atoms with Crippen LogP contribution in [0.1, 0.15) is 11.1 Å². The summed E-state index contributed by atoms with van der Waals surface area (Å²) in [4.78, 5) is 6.38. The predicted molar refractivity (Wildman–Crippen MR) is 91.2 cm³/mol. The van der Waals surface area contributed by atoms with E-state index in [-0.39, 0.29) is 12.4 Å². The average Bonchev–Trinajstić information content (AvgIpc) is 3.19. The molecule has 0 amide bonds. The Bertz CT molecular complexity index is 682. The summed E-state index contributed by atoms with van der Waals surface area (Å²) in [7, 11) is 0. The molecule has 0 bridgehead atoms. The second-order valence-corrected chi connectivity index (χ2v) is 6.67. The van der Waals surface area contributed by atoms with Crippen LogP contribution in [0.2, 0.25) is 0 Å². The van der Waals surface area contributed by atoms with E-state index >= 15 is 0 Å². The first-order chi connectivity index (χ1) is 11.8. The third-order valence-corrected chi connectivity index (χ3v) is 5.01. The largest absolute Gasteiger partial charge is 0.372 e. The molecule has 2 aromatic rings. The number of aromatic nitrogens is 1. The van der Waals surface area contributed by atoms with Crippen LogP contribution in [0.15, 0.2) is 42.6 Å². The summed E-state index contributed by atoms with van der Waals surface area (Å²) in [5.41, 5.74) is 1.66. The lowest BCUT2D eigenvalue weighted by Crippen LogP contribution is -2.27. The van der Waals surface area contributed by atoms with Gasteiger partial charge in [-0.15, -0.1) is 0 Å². The molecule has 126 valence electrons. The normalized spacial score (nSPS) is 22.8. The van der Waals surface area contributed by atoms with Crippen LogP contribution in [0.4, 0.5) is 10.2 Å². The number of pyridine rings is 1. The molecule has 4 nitrogen and oxygen atoms in total. The molecule has 5 heteroatoms. The number of ether oxygens (including phenoxy) is 1. The topological polar surface area (TPSA) is 37.4 Å². The van der Waals surface area contributed by atoms with Gasteiger partial charge >= 0.3 is 0 Å². The van der Waals surface area contributed by atoms with E-state index in [2.05, 4.69) is 15.2 Å². The zero-order valence-corrected chi connectivity index (χ0v) is 13.6. The Morgan fingerprint density at radius 2 is 1.83 bits per heavy atom. The van der Waals surface area contributed by atoms with Crippen molar-refractivity contribution in [3.63, 3.8) is 0 Å². The number of nitrogens with zero attached hydrogens (tertiary/aromatic N) is 2. The summed E-state index contributed by atoms with van der Waals surface area (Å²) in [6.07, 6.45) is 1.69. The molecule has 24 heavy (non-hydrogen) atoms. The molecule has 1 N–H and O–H groups in total. The van der Waals surface area contributed by atoms with Gasteiger partial charge in [0, 0.05) is 37.9 Å². The monoisotopic (exact) mass is 327 g/mol. The van der Waals surface area contributed by atoms with Crippen LogP contribution in [-0.4, -0.2) is 31.2 Å². The van der Waals surface area contributed by atoms with Crippen LogP contribution in [0.5, 0.6) is 0 Å². The zero-order chi connectivity index (χ0) is 16.4. The van der Waals surface area contributed by atoms with Gasteiger partial charge < -0.3 is 15.0 Å². The molecule has 1 aromatic carbocycles. The Hall–Kier alpha value is -1.98. The molecular weight excluding hydrogens is 305 g/mol. The summed E-state index contributed by atoms with van der Waals surface area (Å²) in [6, 6.07) is 11.6. The number of halogens is 1. The van der Waals surface area contributed by atoms with E-state index in [0.29, 0.717) is 29.8 Å². The van der Waals surface area contributed by atoms with Crippen LogP contribution >= 0.6 is 0 Å². The minimum Gasteiger partial charge on any atom is -0.372 e. The van der Waals surface area contributed by atoms with E-state index in [4.69, 9.17) is 4.74 Å². The number of rotatable bonds is 5. The number of hydrogen-bond acceptors (Lipinski definition) is 4. The van der Waals surface area contributed by atoms with Gasteiger partial charge in [0.2, 0.25) is 0 Å². The maximum Gasteiger partial charge on any atom is 0.171 e. The minimum atomic E-state index is -0.238. The Kier molecular flexibility index (Phi) is 4.45. The van der Waals surface area contributed by atoms with E-state index in [9.17, 15) is 4.39 Å². The average molecular weight is 327 g/mol. The molecule has 2 aliphatic heterocycles. The molecule has 2 saturated heterocycles.